The van der Waals surface area contributed by atoms with Gasteiger partial charge in [-0.15, -0.1) is 0 Å². The van der Waals surface area contributed by atoms with Crippen LogP contribution >= 0.6 is 0 Å². The number of hydrogen-bond donors (Lipinski definition) is 2. The maximum Gasteiger partial charge on any atom is 0.261 e. The summed E-state index contributed by atoms with van der Waals surface area (Å²) in [6.45, 7) is 2.22. The molecule has 2 N–H and O–H groups in total. The molecule has 0 aliphatic heterocycles. The Balaban J connectivity index is 2.28. The Kier molecular flexibility index (Phi) is 4.59. The van der Waals surface area contributed by atoms with Gasteiger partial charge in [-0.1, -0.05) is 18.2 Å². The van der Waals surface area contributed by atoms with Gasteiger partial charge in [-0.3, -0.25) is 4.72 Å². The maximum absolute atomic E-state index is 13.5. The number of sulfonamides is 1. The minimum Gasteiger partial charge on any atom is -0.316 e. The summed E-state index contributed by atoms with van der Waals surface area (Å²) in [5, 5.41) is 2.99. The molecule has 0 spiro atoms. The molecule has 0 saturated carbocycles. The van der Waals surface area contributed by atoms with Gasteiger partial charge in [0.25, 0.3) is 10.0 Å². The lowest BCUT2D eigenvalue weighted by Crippen LogP contribution is -2.14. The molecule has 0 heterocycles. The summed E-state index contributed by atoms with van der Waals surface area (Å²) < 4.78 is 40.5. The maximum atomic E-state index is 13.5. The van der Waals surface area contributed by atoms with E-state index in [1.807, 2.05) is 13.1 Å². The second-order valence-electron chi connectivity index (χ2n) is 4.75. The molecule has 2 rings (SSSR count). The minimum absolute atomic E-state index is 0.0929. The topological polar surface area (TPSA) is 58.2 Å². The Labute approximate surface area is 124 Å². The largest absolute Gasteiger partial charge is 0.316 e. The predicted molar refractivity (Wildman–Crippen MR) is 81.2 cm³/mol. The van der Waals surface area contributed by atoms with E-state index < -0.39 is 15.8 Å². The molecule has 0 unspecified atom stereocenters. The SMILES string of the molecule is CNCc1cccc(NS(=O)(=O)c2ccc(C)c(F)c2)c1. The van der Waals surface area contributed by atoms with Crippen molar-refractivity contribution in [1.29, 1.82) is 0 Å². The number of nitrogens with one attached hydrogen (secondary N) is 2. The number of aryl methyl sites for hydroxylation is 1. The molecular weight excluding hydrogens is 291 g/mol. The number of hydrogen-bond acceptors (Lipinski definition) is 3. The third-order valence-corrected chi connectivity index (χ3v) is 4.39. The molecule has 2 aromatic rings. The molecule has 6 heteroatoms. The predicted octanol–water partition coefficient (Wildman–Crippen LogP) is 2.65. The molecule has 0 aliphatic carbocycles. The molecule has 112 valence electrons. The zero-order valence-electron chi connectivity index (χ0n) is 11.9. The van der Waals surface area contributed by atoms with Gasteiger partial charge in [0.05, 0.1) is 4.90 Å². The van der Waals surface area contributed by atoms with Gasteiger partial charge >= 0.3 is 0 Å². The van der Waals surface area contributed by atoms with E-state index in [-0.39, 0.29) is 4.90 Å². The van der Waals surface area contributed by atoms with Crippen molar-refractivity contribution in [3.05, 3.63) is 59.4 Å². The van der Waals surface area contributed by atoms with Crippen LogP contribution in [-0.4, -0.2) is 15.5 Å². The van der Waals surface area contributed by atoms with Gasteiger partial charge in [-0.05, 0) is 49.4 Å². The van der Waals surface area contributed by atoms with Crippen molar-refractivity contribution in [3.8, 4) is 0 Å². The first kappa shape index (κ1) is 15.5. The fourth-order valence-corrected chi connectivity index (χ4v) is 2.96. The van der Waals surface area contributed by atoms with Gasteiger partial charge in [0.15, 0.2) is 0 Å². The van der Waals surface area contributed by atoms with Crippen molar-refractivity contribution in [2.24, 2.45) is 0 Å². The first-order valence-corrected chi connectivity index (χ1v) is 7.93. The van der Waals surface area contributed by atoms with Gasteiger partial charge in [-0.2, -0.15) is 0 Å². The molecule has 0 aromatic heterocycles. The van der Waals surface area contributed by atoms with E-state index in [9.17, 15) is 12.8 Å². The number of rotatable bonds is 5. The van der Waals surface area contributed by atoms with Crippen LogP contribution in [-0.2, 0) is 16.6 Å². The molecular formula is C15H17FN2O2S. The average Bonchev–Trinajstić information content (AvgIpc) is 2.42. The number of benzene rings is 2. The summed E-state index contributed by atoms with van der Waals surface area (Å²) in [6.07, 6.45) is 0. The van der Waals surface area contributed by atoms with Crippen molar-refractivity contribution in [2.75, 3.05) is 11.8 Å². The second-order valence-corrected chi connectivity index (χ2v) is 6.43. The zero-order chi connectivity index (χ0) is 15.5. The first-order valence-electron chi connectivity index (χ1n) is 6.45. The van der Waals surface area contributed by atoms with Crippen molar-refractivity contribution in [1.82, 2.24) is 5.32 Å². The highest BCUT2D eigenvalue weighted by molar-refractivity contribution is 7.92. The zero-order valence-corrected chi connectivity index (χ0v) is 12.7. The van der Waals surface area contributed by atoms with E-state index in [1.165, 1.54) is 12.1 Å². The summed E-state index contributed by atoms with van der Waals surface area (Å²) in [4.78, 5) is -0.0929. The van der Waals surface area contributed by atoms with Gasteiger partial charge < -0.3 is 5.32 Å². The van der Waals surface area contributed by atoms with Crippen molar-refractivity contribution < 1.29 is 12.8 Å². The molecule has 0 atom stereocenters. The summed E-state index contributed by atoms with van der Waals surface area (Å²) in [5.74, 6) is -0.540. The Morgan fingerprint density at radius 2 is 1.90 bits per heavy atom. The second kappa shape index (κ2) is 6.24. The lowest BCUT2D eigenvalue weighted by atomic mass is 10.2. The fourth-order valence-electron chi connectivity index (χ4n) is 1.90. The summed E-state index contributed by atoms with van der Waals surface area (Å²) in [5.41, 5.74) is 1.81. The number of halogens is 1. The van der Waals surface area contributed by atoms with Gasteiger partial charge in [0.2, 0.25) is 0 Å². The fraction of sp³-hybridized carbons (Fsp3) is 0.200. The monoisotopic (exact) mass is 308 g/mol. The quantitative estimate of drug-likeness (QED) is 0.893. The molecule has 0 fully saturated rings. The Morgan fingerprint density at radius 3 is 2.57 bits per heavy atom. The standard InChI is InChI=1S/C15H17FN2O2S/c1-11-6-7-14(9-15(11)16)21(19,20)18-13-5-3-4-12(8-13)10-17-2/h3-9,17-18H,10H2,1-2H3. The summed E-state index contributed by atoms with van der Waals surface area (Å²) in [7, 11) is -1.98. The molecule has 0 radical (unpaired) electrons. The van der Waals surface area contributed by atoms with Crippen LogP contribution in [0, 0.1) is 12.7 Å². The van der Waals surface area contributed by atoms with E-state index in [2.05, 4.69) is 10.0 Å². The van der Waals surface area contributed by atoms with Crippen molar-refractivity contribution in [3.63, 3.8) is 0 Å². The van der Waals surface area contributed by atoms with E-state index in [0.29, 0.717) is 17.8 Å². The van der Waals surface area contributed by atoms with Gasteiger partial charge in [0, 0.05) is 12.2 Å². The number of anilines is 1. The van der Waals surface area contributed by atoms with E-state index in [0.717, 1.165) is 11.6 Å². The average molecular weight is 308 g/mol. The van der Waals surface area contributed by atoms with Crippen LogP contribution in [0.1, 0.15) is 11.1 Å². The molecule has 4 nitrogen and oxygen atoms in total. The Hall–Kier alpha value is -1.92. The smallest absolute Gasteiger partial charge is 0.261 e. The molecule has 0 aliphatic rings. The highest BCUT2D eigenvalue weighted by Gasteiger charge is 2.15. The van der Waals surface area contributed by atoms with Crippen LogP contribution in [0.2, 0.25) is 0 Å². The molecule has 2 aromatic carbocycles. The van der Waals surface area contributed by atoms with Crippen LogP contribution in [0.25, 0.3) is 0 Å². The lowest BCUT2D eigenvalue weighted by Gasteiger charge is -2.10. The first-order chi connectivity index (χ1) is 9.92. The normalized spacial score (nSPS) is 11.4. The highest BCUT2D eigenvalue weighted by Crippen LogP contribution is 2.19. The molecule has 0 saturated heterocycles. The Bertz CT molecular complexity index is 745. The van der Waals surface area contributed by atoms with Crippen LogP contribution in [0.5, 0.6) is 0 Å². The van der Waals surface area contributed by atoms with Crippen LogP contribution in [0.15, 0.2) is 47.4 Å². The molecule has 21 heavy (non-hydrogen) atoms. The summed E-state index contributed by atoms with van der Waals surface area (Å²) in [6, 6.07) is 10.9. The lowest BCUT2D eigenvalue weighted by molar-refractivity contribution is 0.593. The van der Waals surface area contributed by atoms with Crippen molar-refractivity contribution >= 4 is 15.7 Å². The van der Waals surface area contributed by atoms with E-state index >= 15 is 0 Å². The Morgan fingerprint density at radius 1 is 1.14 bits per heavy atom. The van der Waals surface area contributed by atoms with Crippen LogP contribution < -0.4 is 10.0 Å². The van der Waals surface area contributed by atoms with Gasteiger partial charge in [0.1, 0.15) is 5.82 Å². The van der Waals surface area contributed by atoms with Gasteiger partial charge in [-0.25, -0.2) is 12.8 Å². The molecule has 0 bridgehead atoms. The third-order valence-electron chi connectivity index (χ3n) is 3.01. The van der Waals surface area contributed by atoms with E-state index in [4.69, 9.17) is 0 Å². The van der Waals surface area contributed by atoms with Crippen molar-refractivity contribution in [2.45, 2.75) is 18.4 Å². The third kappa shape index (κ3) is 3.80. The van der Waals surface area contributed by atoms with Crippen LogP contribution in [0.3, 0.4) is 0 Å². The highest BCUT2D eigenvalue weighted by atomic mass is 32.2. The summed E-state index contributed by atoms with van der Waals surface area (Å²) >= 11 is 0. The van der Waals surface area contributed by atoms with Crippen LogP contribution in [0.4, 0.5) is 10.1 Å². The minimum atomic E-state index is -3.79. The van der Waals surface area contributed by atoms with E-state index in [1.54, 1.807) is 25.1 Å². The molecule has 0 amide bonds.